The summed E-state index contributed by atoms with van der Waals surface area (Å²) >= 11 is 0. The Kier molecular flexibility index (Phi) is 5.39. The van der Waals surface area contributed by atoms with E-state index in [1.165, 1.54) is 19.2 Å². The van der Waals surface area contributed by atoms with E-state index in [0.717, 1.165) is 12.1 Å². The van der Waals surface area contributed by atoms with Gasteiger partial charge in [0, 0.05) is 6.42 Å². The average molecular weight is 370 g/mol. The Morgan fingerprint density at radius 2 is 1.33 bits per heavy atom. The van der Waals surface area contributed by atoms with Crippen LogP contribution in [0.3, 0.4) is 0 Å². The van der Waals surface area contributed by atoms with Crippen LogP contribution < -0.4 is 4.74 Å². The maximum absolute atomic E-state index is 13.4. The molecule has 24 heavy (non-hydrogen) atoms. The van der Waals surface area contributed by atoms with E-state index < -0.39 is 36.5 Å². The minimum absolute atomic E-state index is 0.200. The lowest BCUT2D eigenvalue weighted by molar-refractivity contribution is -0.405. The molecule has 1 unspecified atom stereocenters. The van der Waals surface area contributed by atoms with E-state index in [1.54, 1.807) is 0 Å². The van der Waals surface area contributed by atoms with Crippen LogP contribution in [0.4, 0.5) is 39.5 Å². The number of aliphatic hydroxyl groups excluding tert-OH is 1. The summed E-state index contributed by atoms with van der Waals surface area (Å²) < 4.78 is 119. The zero-order chi connectivity index (χ0) is 19.0. The van der Waals surface area contributed by atoms with Crippen molar-refractivity contribution in [3.8, 4) is 5.75 Å². The Hall–Kier alpha value is -1.65. The van der Waals surface area contributed by atoms with E-state index >= 15 is 0 Å². The van der Waals surface area contributed by atoms with Gasteiger partial charge in [-0.05, 0) is 17.7 Å². The van der Waals surface area contributed by atoms with Crippen LogP contribution >= 0.6 is 0 Å². The van der Waals surface area contributed by atoms with Crippen molar-refractivity contribution in [3.63, 3.8) is 0 Å². The highest BCUT2D eigenvalue weighted by Crippen LogP contribution is 2.54. The molecule has 0 aliphatic rings. The number of rotatable bonds is 6. The smallest absolute Gasteiger partial charge is 0.460 e. The van der Waals surface area contributed by atoms with Crippen molar-refractivity contribution >= 4 is 0 Å². The standard InChI is InChI=1S/C13H11F9O2/c1-24-8-4-2-7(3-5-8)6-9(23)10(14,15)11(16,17)12(18,19)13(20,21)22/h2-5,9,23H,6H2,1H3. The van der Waals surface area contributed by atoms with E-state index in [-0.39, 0.29) is 11.3 Å². The lowest BCUT2D eigenvalue weighted by atomic mass is 9.94. The minimum Gasteiger partial charge on any atom is -0.497 e. The zero-order valence-corrected chi connectivity index (χ0v) is 11.9. The van der Waals surface area contributed by atoms with Crippen LogP contribution in [0.5, 0.6) is 5.75 Å². The Morgan fingerprint density at radius 3 is 1.71 bits per heavy atom. The van der Waals surface area contributed by atoms with Crippen molar-refractivity contribution in [1.82, 2.24) is 0 Å². The summed E-state index contributed by atoms with van der Waals surface area (Å²) in [6.45, 7) is 0. The number of ether oxygens (including phenoxy) is 1. The molecule has 0 saturated carbocycles. The number of alkyl halides is 9. The van der Waals surface area contributed by atoms with Crippen molar-refractivity contribution < 1.29 is 49.4 Å². The van der Waals surface area contributed by atoms with E-state index in [2.05, 4.69) is 0 Å². The minimum atomic E-state index is -7.02. The van der Waals surface area contributed by atoms with E-state index in [0.29, 0.717) is 0 Å². The maximum atomic E-state index is 13.4. The molecule has 0 aliphatic heterocycles. The molecule has 0 fully saturated rings. The molecular weight excluding hydrogens is 359 g/mol. The Bertz CT molecular complexity index is 552. The van der Waals surface area contributed by atoms with Crippen LogP contribution in [0.15, 0.2) is 24.3 Å². The molecule has 1 aromatic rings. The van der Waals surface area contributed by atoms with Crippen LogP contribution in [0.2, 0.25) is 0 Å². The van der Waals surface area contributed by atoms with Crippen LogP contribution in [-0.2, 0) is 6.42 Å². The second kappa shape index (κ2) is 6.34. The lowest BCUT2D eigenvalue weighted by Crippen LogP contribution is -2.64. The summed E-state index contributed by atoms with van der Waals surface area (Å²) in [5, 5.41) is 9.16. The van der Waals surface area contributed by atoms with Crippen LogP contribution in [0.25, 0.3) is 0 Å². The quantitative estimate of drug-likeness (QED) is 0.766. The first-order valence-corrected chi connectivity index (χ1v) is 6.19. The number of benzene rings is 1. The fourth-order valence-electron chi connectivity index (χ4n) is 1.71. The molecule has 1 N–H and O–H groups in total. The van der Waals surface area contributed by atoms with Gasteiger partial charge in [-0.2, -0.15) is 39.5 Å². The van der Waals surface area contributed by atoms with Gasteiger partial charge in [0.1, 0.15) is 11.9 Å². The van der Waals surface area contributed by atoms with Crippen molar-refractivity contribution in [2.75, 3.05) is 7.11 Å². The molecule has 0 saturated heterocycles. The Morgan fingerprint density at radius 1 is 0.875 bits per heavy atom. The monoisotopic (exact) mass is 370 g/mol. The highest BCUT2D eigenvalue weighted by atomic mass is 19.4. The lowest BCUT2D eigenvalue weighted by Gasteiger charge is -2.35. The highest BCUT2D eigenvalue weighted by molar-refractivity contribution is 5.28. The summed E-state index contributed by atoms with van der Waals surface area (Å²) in [6.07, 6.45) is -11.7. The van der Waals surface area contributed by atoms with Gasteiger partial charge in [-0.1, -0.05) is 12.1 Å². The fourth-order valence-corrected chi connectivity index (χ4v) is 1.71. The number of aliphatic hydroxyl groups is 1. The highest BCUT2D eigenvalue weighted by Gasteiger charge is 2.82. The van der Waals surface area contributed by atoms with Crippen molar-refractivity contribution in [3.05, 3.63) is 29.8 Å². The molecule has 2 nitrogen and oxygen atoms in total. The van der Waals surface area contributed by atoms with Gasteiger partial charge in [0.2, 0.25) is 0 Å². The van der Waals surface area contributed by atoms with Crippen molar-refractivity contribution in [1.29, 1.82) is 0 Å². The van der Waals surface area contributed by atoms with Gasteiger partial charge in [0.15, 0.2) is 0 Å². The number of methoxy groups -OCH3 is 1. The van der Waals surface area contributed by atoms with Crippen molar-refractivity contribution in [2.45, 2.75) is 36.5 Å². The maximum Gasteiger partial charge on any atom is 0.460 e. The topological polar surface area (TPSA) is 29.5 Å². The molecule has 0 radical (unpaired) electrons. The largest absolute Gasteiger partial charge is 0.497 e. The molecule has 1 aromatic carbocycles. The summed E-state index contributed by atoms with van der Waals surface area (Å²) in [5.74, 6) is -19.7. The first kappa shape index (κ1) is 20.4. The third-order valence-corrected chi connectivity index (χ3v) is 3.18. The van der Waals surface area contributed by atoms with Crippen LogP contribution in [0.1, 0.15) is 5.56 Å². The number of hydrogen-bond donors (Lipinski definition) is 1. The van der Waals surface area contributed by atoms with Crippen molar-refractivity contribution in [2.24, 2.45) is 0 Å². The molecule has 0 amide bonds. The first-order valence-electron chi connectivity index (χ1n) is 6.19. The SMILES string of the molecule is COc1ccc(CC(O)C(F)(F)C(F)(F)C(F)(F)C(F)(F)F)cc1. The molecule has 0 heterocycles. The summed E-state index contributed by atoms with van der Waals surface area (Å²) in [7, 11) is 1.26. The molecule has 0 bridgehead atoms. The molecule has 1 rings (SSSR count). The van der Waals surface area contributed by atoms with Gasteiger partial charge in [-0.3, -0.25) is 0 Å². The van der Waals surface area contributed by atoms with Crippen LogP contribution in [-0.4, -0.2) is 42.3 Å². The molecule has 11 heteroatoms. The summed E-state index contributed by atoms with van der Waals surface area (Å²) in [5.41, 5.74) is -0.200. The predicted molar refractivity (Wildman–Crippen MR) is 63.6 cm³/mol. The van der Waals surface area contributed by atoms with Gasteiger partial charge in [0.05, 0.1) is 7.11 Å². The van der Waals surface area contributed by atoms with Gasteiger partial charge in [-0.25, -0.2) is 0 Å². The Labute approximate surface area is 129 Å². The van der Waals surface area contributed by atoms with E-state index in [4.69, 9.17) is 9.84 Å². The first-order chi connectivity index (χ1) is 10.7. The van der Waals surface area contributed by atoms with E-state index in [9.17, 15) is 39.5 Å². The third-order valence-electron chi connectivity index (χ3n) is 3.18. The molecule has 0 spiro atoms. The normalized spacial score (nSPS) is 15.3. The van der Waals surface area contributed by atoms with E-state index in [1.807, 2.05) is 0 Å². The van der Waals surface area contributed by atoms with Gasteiger partial charge in [0.25, 0.3) is 0 Å². The fraction of sp³-hybridized carbons (Fsp3) is 0.538. The molecule has 1 atom stereocenters. The number of halogens is 9. The van der Waals surface area contributed by atoms with Crippen LogP contribution in [0, 0.1) is 0 Å². The molecular formula is C13H11F9O2. The second-order valence-electron chi connectivity index (χ2n) is 4.84. The van der Waals surface area contributed by atoms with Gasteiger partial charge >= 0.3 is 23.9 Å². The predicted octanol–water partition coefficient (Wildman–Crippen LogP) is 4.07. The second-order valence-corrected chi connectivity index (χ2v) is 4.84. The van der Waals surface area contributed by atoms with Gasteiger partial charge in [-0.15, -0.1) is 0 Å². The molecule has 0 aromatic heterocycles. The summed E-state index contributed by atoms with van der Waals surface area (Å²) in [4.78, 5) is 0. The number of hydrogen-bond acceptors (Lipinski definition) is 2. The summed E-state index contributed by atoms with van der Waals surface area (Å²) in [6, 6.07) is 4.50. The molecule has 0 aliphatic carbocycles. The molecule has 138 valence electrons. The zero-order valence-electron chi connectivity index (χ0n) is 11.9. The van der Waals surface area contributed by atoms with Gasteiger partial charge < -0.3 is 9.84 Å². The Balaban J connectivity index is 3.07. The average Bonchev–Trinajstić information content (AvgIpc) is 2.46. The third kappa shape index (κ3) is 3.40.